The van der Waals surface area contributed by atoms with Crippen molar-refractivity contribution in [2.45, 2.75) is 19.3 Å². The van der Waals surface area contributed by atoms with Crippen molar-refractivity contribution in [1.82, 2.24) is 4.90 Å². The van der Waals surface area contributed by atoms with E-state index in [1.807, 2.05) is 0 Å². The lowest BCUT2D eigenvalue weighted by atomic mass is 10.0. The SMILES string of the molecule is Nc1cc(NC(=O)CN2CC3CCCC3C2)ccc1Cl. The predicted molar refractivity (Wildman–Crippen MR) is 81.8 cm³/mol. The Kier molecular flexibility index (Phi) is 3.85. The normalized spacial score (nSPS) is 25.6. The second kappa shape index (κ2) is 5.62. The molecule has 1 aliphatic heterocycles. The summed E-state index contributed by atoms with van der Waals surface area (Å²) in [6, 6.07) is 5.17. The number of nitrogens with zero attached hydrogens (tertiary/aromatic N) is 1. The molecule has 1 amide bonds. The lowest BCUT2D eigenvalue weighted by Gasteiger charge is -2.16. The number of fused-ring (bicyclic) bond motifs is 1. The maximum atomic E-state index is 12.1. The van der Waals surface area contributed by atoms with Crippen molar-refractivity contribution in [1.29, 1.82) is 0 Å². The van der Waals surface area contributed by atoms with Gasteiger partial charge in [-0.1, -0.05) is 18.0 Å². The Balaban J connectivity index is 1.53. The van der Waals surface area contributed by atoms with Gasteiger partial charge in [-0.3, -0.25) is 9.69 Å². The van der Waals surface area contributed by atoms with Gasteiger partial charge in [0.2, 0.25) is 5.91 Å². The number of nitrogen functional groups attached to an aromatic ring is 1. The Labute approximate surface area is 124 Å². The van der Waals surface area contributed by atoms with Crippen LogP contribution in [0.2, 0.25) is 5.02 Å². The first kappa shape index (κ1) is 13.7. The third kappa shape index (κ3) is 2.91. The average Bonchev–Trinajstić information content (AvgIpc) is 2.94. The van der Waals surface area contributed by atoms with Crippen LogP contribution < -0.4 is 11.1 Å². The molecule has 4 nitrogen and oxygen atoms in total. The molecule has 5 heteroatoms. The fourth-order valence-corrected chi connectivity index (χ4v) is 3.60. The van der Waals surface area contributed by atoms with Gasteiger partial charge in [-0.05, 0) is 42.9 Å². The topological polar surface area (TPSA) is 58.4 Å². The van der Waals surface area contributed by atoms with E-state index in [0.717, 1.165) is 24.9 Å². The number of nitrogens with two attached hydrogens (primary N) is 1. The molecule has 2 unspecified atom stereocenters. The van der Waals surface area contributed by atoms with Gasteiger partial charge in [-0.25, -0.2) is 0 Å². The lowest BCUT2D eigenvalue weighted by Crippen LogP contribution is -2.32. The van der Waals surface area contributed by atoms with E-state index in [0.29, 0.717) is 22.9 Å². The average molecular weight is 294 g/mol. The van der Waals surface area contributed by atoms with Gasteiger partial charge < -0.3 is 11.1 Å². The molecule has 0 radical (unpaired) electrons. The summed E-state index contributed by atoms with van der Waals surface area (Å²) in [5, 5.41) is 3.39. The molecule has 3 N–H and O–H groups in total. The van der Waals surface area contributed by atoms with Crippen LogP contribution in [-0.4, -0.2) is 30.4 Å². The number of amides is 1. The summed E-state index contributed by atoms with van der Waals surface area (Å²) in [5.41, 5.74) is 6.92. The minimum absolute atomic E-state index is 0.0201. The van der Waals surface area contributed by atoms with Gasteiger partial charge in [0.05, 0.1) is 17.3 Å². The number of carbonyl (C=O) groups is 1. The molecule has 1 saturated heterocycles. The quantitative estimate of drug-likeness (QED) is 0.842. The summed E-state index contributed by atoms with van der Waals surface area (Å²) in [6.07, 6.45) is 4.02. The Hall–Kier alpha value is -1.26. The largest absolute Gasteiger partial charge is 0.397 e. The molecule has 1 aromatic rings. The predicted octanol–water partition coefficient (Wildman–Crippen LogP) is 2.59. The van der Waals surface area contributed by atoms with Crippen molar-refractivity contribution in [3.63, 3.8) is 0 Å². The van der Waals surface area contributed by atoms with Crippen LogP contribution in [0.25, 0.3) is 0 Å². The van der Waals surface area contributed by atoms with E-state index in [1.165, 1.54) is 19.3 Å². The number of hydrogen-bond donors (Lipinski definition) is 2. The van der Waals surface area contributed by atoms with E-state index in [1.54, 1.807) is 18.2 Å². The van der Waals surface area contributed by atoms with Gasteiger partial charge in [0.1, 0.15) is 0 Å². The maximum Gasteiger partial charge on any atom is 0.238 e. The number of nitrogens with one attached hydrogen (secondary N) is 1. The van der Waals surface area contributed by atoms with Gasteiger partial charge in [0.25, 0.3) is 0 Å². The van der Waals surface area contributed by atoms with E-state index >= 15 is 0 Å². The molecular weight excluding hydrogens is 274 g/mol. The summed E-state index contributed by atoms with van der Waals surface area (Å²) in [7, 11) is 0. The fourth-order valence-electron chi connectivity index (χ4n) is 3.49. The zero-order valence-electron chi connectivity index (χ0n) is 11.4. The first-order valence-electron chi connectivity index (χ1n) is 7.19. The van der Waals surface area contributed by atoms with Crippen molar-refractivity contribution in [2.24, 2.45) is 11.8 Å². The number of likely N-dealkylation sites (tertiary alicyclic amines) is 1. The number of hydrogen-bond acceptors (Lipinski definition) is 3. The van der Waals surface area contributed by atoms with E-state index < -0.39 is 0 Å². The van der Waals surface area contributed by atoms with Crippen molar-refractivity contribution < 1.29 is 4.79 Å². The van der Waals surface area contributed by atoms with Crippen LogP contribution in [-0.2, 0) is 4.79 Å². The van der Waals surface area contributed by atoms with Crippen LogP contribution in [0, 0.1) is 11.8 Å². The summed E-state index contributed by atoms with van der Waals surface area (Å²) < 4.78 is 0. The molecule has 0 aromatic heterocycles. The van der Waals surface area contributed by atoms with Crippen LogP contribution in [0.1, 0.15) is 19.3 Å². The molecule has 1 heterocycles. The molecule has 2 atom stereocenters. The Morgan fingerprint density at radius 3 is 2.70 bits per heavy atom. The zero-order valence-corrected chi connectivity index (χ0v) is 12.2. The maximum absolute atomic E-state index is 12.1. The van der Waals surface area contributed by atoms with Gasteiger partial charge >= 0.3 is 0 Å². The summed E-state index contributed by atoms with van der Waals surface area (Å²) >= 11 is 5.86. The molecular formula is C15H20ClN3O. The highest BCUT2D eigenvalue weighted by atomic mass is 35.5. The van der Waals surface area contributed by atoms with Crippen LogP contribution in [0.15, 0.2) is 18.2 Å². The summed E-state index contributed by atoms with van der Waals surface area (Å²) in [6.45, 7) is 2.61. The molecule has 2 aliphatic rings. The Morgan fingerprint density at radius 2 is 2.05 bits per heavy atom. The van der Waals surface area contributed by atoms with Crippen LogP contribution in [0.3, 0.4) is 0 Å². The number of carbonyl (C=O) groups excluding carboxylic acids is 1. The highest BCUT2D eigenvalue weighted by Crippen LogP contribution is 2.37. The second-order valence-electron chi connectivity index (χ2n) is 5.93. The smallest absolute Gasteiger partial charge is 0.238 e. The number of halogens is 1. The molecule has 3 rings (SSSR count). The minimum Gasteiger partial charge on any atom is -0.397 e. The van der Waals surface area contributed by atoms with Crippen molar-refractivity contribution in [3.05, 3.63) is 23.2 Å². The van der Waals surface area contributed by atoms with Crippen LogP contribution >= 0.6 is 11.6 Å². The van der Waals surface area contributed by atoms with Crippen molar-refractivity contribution in [2.75, 3.05) is 30.7 Å². The lowest BCUT2D eigenvalue weighted by molar-refractivity contribution is -0.117. The van der Waals surface area contributed by atoms with E-state index in [9.17, 15) is 4.79 Å². The highest BCUT2D eigenvalue weighted by molar-refractivity contribution is 6.33. The molecule has 108 valence electrons. The molecule has 2 fully saturated rings. The monoisotopic (exact) mass is 293 g/mol. The van der Waals surface area contributed by atoms with Gasteiger partial charge in [0, 0.05) is 18.8 Å². The standard InChI is InChI=1S/C15H20ClN3O/c16-13-5-4-12(6-14(13)17)18-15(20)9-19-7-10-2-1-3-11(10)8-19/h4-6,10-11H,1-3,7-9,17H2,(H,18,20). The van der Waals surface area contributed by atoms with E-state index in [-0.39, 0.29) is 5.91 Å². The number of benzene rings is 1. The molecule has 1 aromatic carbocycles. The third-order valence-electron chi connectivity index (χ3n) is 4.45. The fraction of sp³-hybridized carbons (Fsp3) is 0.533. The Morgan fingerprint density at radius 1 is 1.35 bits per heavy atom. The summed E-state index contributed by atoms with van der Waals surface area (Å²) in [5.74, 6) is 1.65. The third-order valence-corrected chi connectivity index (χ3v) is 4.79. The second-order valence-corrected chi connectivity index (χ2v) is 6.34. The van der Waals surface area contributed by atoms with E-state index in [4.69, 9.17) is 17.3 Å². The first-order valence-corrected chi connectivity index (χ1v) is 7.57. The van der Waals surface area contributed by atoms with Crippen molar-refractivity contribution in [3.8, 4) is 0 Å². The number of anilines is 2. The summed E-state index contributed by atoms with van der Waals surface area (Å²) in [4.78, 5) is 14.3. The molecule has 1 saturated carbocycles. The molecule has 1 aliphatic carbocycles. The van der Waals surface area contributed by atoms with E-state index in [2.05, 4.69) is 10.2 Å². The number of rotatable bonds is 3. The first-order chi connectivity index (χ1) is 9.61. The van der Waals surface area contributed by atoms with Gasteiger partial charge in [-0.15, -0.1) is 0 Å². The molecule has 20 heavy (non-hydrogen) atoms. The minimum atomic E-state index is 0.0201. The Bertz CT molecular complexity index is 508. The van der Waals surface area contributed by atoms with Gasteiger partial charge in [0.15, 0.2) is 0 Å². The highest BCUT2D eigenvalue weighted by Gasteiger charge is 2.36. The molecule has 0 bridgehead atoms. The van der Waals surface area contributed by atoms with Crippen molar-refractivity contribution >= 4 is 28.9 Å². The van der Waals surface area contributed by atoms with Gasteiger partial charge in [-0.2, -0.15) is 0 Å². The molecule has 0 spiro atoms. The van der Waals surface area contributed by atoms with Crippen LogP contribution in [0.5, 0.6) is 0 Å². The van der Waals surface area contributed by atoms with Crippen LogP contribution in [0.4, 0.5) is 11.4 Å². The zero-order chi connectivity index (χ0) is 14.1.